The number of piperazine rings is 1. The zero-order chi connectivity index (χ0) is 15.4. The van der Waals surface area contributed by atoms with Crippen molar-refractivity contribution in [1.29, 1.82) is 0 Å². The van der Waals surface area contributed by atoms with Gasteiger partial charge in [-0.2, -0.15) is 0 Å². The molecule has 1 aromatic carbocycles. The molecule has 22 heavy (non-hydrogen) atoms. The number of benzene rings is 1. The van der Waals surface area contributed by atoms with Gasteiger partial charge in [0.25, 0.3) is 0 Å². The van der Waals surface area contributed by atoms with Crippen LogP contribution < -0.4 is 0 Å². The van der Waals surface area contributed by atoms with Crippen molar-refractivity contribution in [3.63, 3.8) is 0 Å². The summed E-state index contributed by atoms with van der Waals surface area (Å²) in [5.74, 6) is -0.153. The quantitative estimate of drug-likeness (QED) is 0.833. The van der Waals surface area contributed by atoms with E-state index in [1.54, 1.807) is 12.1 Å². The average molecular weight is 308 g/mol. The minimum absolute atomic E-state index is 0.00996. The van der Waals surface area contributed by atoms with Crippen LogP contribution in [-0.2, 0) is 9.47 Å². The first kappa shape index (κ1) is 15.9. The maximum atomic E-state index is 13.4. The molecule has 2 aliphatic rings. The maximum Gasteiger partial charge on any atom is 0.159 e. The van der Waals surface area contributed by atoms with Crippen molar-refractivity contribution in [2.45, 2.75) is 25.7 Å². The molecule has 2 fully saturated rings. The first-order chi connectivity index (χ1) is 10.7. The van der Waals surface area contributed by atoms with E-state index in [0.29, 0.717) is 0 Å². The van der Waals surface area contributed by atoms with Crippen molar-refractivity contribution in [1.82, 2.24) is 9.80 Å². The molecule has 5 heteroatoms. The third-order valence-electron chi connectivity index (χ3n) is 4.66. The van der Waals surface area contributed by atoms with Crippen molar-refractivity contribution in [3.8, 4) is 0 Å². The Labute approximate surface area is 131 Å². The summed E-state index contributed by atoms with van der Waals surface area (Å²) in [6, 6.07) is 7.21. The van der Waals surface area contributed by atoms with Crippen LogP contribution in [0.4, 0.5) is 4.39 Å². The summed E-state index contributed by atoms with van der Waals surface area (Å²) in [7, 11) is 0. The average Bonchev–Trinajstić information content (AvgIpc) is 3.06. The van der Waals surface area contributed by atoms with Gasteiger partial charge in [0.2, 0.25) is 0 Å². The minimum Gasteiger partial charge on any atom is -0.350 e. The third-order valence-corrected chi connectivity index (χ3v) is 4.66. The van der Waals surface area contributed by atoms with E-state index in [4.69, 9.17) is 9.47 Å². The molecular weight excluding hydrogens is 283 g/mol. The first-order valence-electron chi connectivity index (χ1n) is 8.17. The molecule has 0 amide bonds. The lowest BCUT2D eigenvalue weighted by Gasteiger charge is -2.38. The van der Waals surface area contributed by atoms with E-state index in [1.165, 1.54) is 6.07 Å². The highest BCUT2D eigenvalue weighted by Gasteiger charge is 2.23. The molecule has 1 atom stereocenters. The van der Waals surface area contributed by atoms with Crippen LogP contribution in [0.5, 0.6) is 0 Å². The van der Waals surface area contributed by atoms with E-state index in [-0.39, 0.29) is 18.1 Å². The fourth-order valence-corrected chi connectivity index (χ4v) is 3.21. The van der Waals surface area contributed by atoms with Gasteiger partial charge in [-0.1, -0.05) is 12.1 Å². The number of nitrogens with zero attached hydrogens (tertiary/aromatic N) is 2. The highest BCUT2D eigenvalue weighted by Crippen LogP contribution is 2.22. The van der Waals surface area contributed by atoms with Crippen molar-refractivity contribution in [2.75, 3.05) is 45.9 Å². The number of ether oxygens (including phenoxy) is 2. The van der Waals surface area contributed by atoms with E-state index in [1.807, 2.05) is 6.07 Å². The second-order valence-electron chi connectivity index (χ2n) is 6.07. The normalized spacial score (nSPS) is 23.0. The summed E-state index contributed by atoms with van der Waals surface area (Å²) in [6.45, 7) is 8.76. The van der Waals surface area contributed by atoms with Crippen LogP contribution in [0.1, 0.15) is 24.9 Å². The first-order valence-corrected chi connectivity index (χ1v) is 8.17. The van der Waals surface area contributed by atoms with E-state index in [2.05, 4.69) is 16.7 Å². The molecule has 0 bridgehead atoms. The fraction of sp³-hybridized carbons (Fsp3) is 0.647. The Bertz CT molecular complexity index is 471. The highest BCUT2D eigenvalue weighted by atomic mass is 19.1. The second kappa shape index (κ2) is 7.51. The Kier molecular flexibility index (Phi) is 5.41. The topological polar surface area (TPSA) is 24.9 Å². The molecule has 0 radical (unpaired) electrons. The molecule has 0 aliphatic carbocycles. The molecule has 0 spiro atoms. The standard InChI is InChI=1S/C17H25FN2O2/c1-14(15-3-2-4-16(18)13-15)20-9-7-19(8-10-20)6-5-17-21-11-12-22-17/h2-4,13-14,17H,5-12H2,1H3. The molecule has 0 aromatic heterocycles. The zero-order valence-corrected chi connectivity index (χ0v) is 13.2. The maximum absolute atomic E-state index is 13.4. The number of hydrogen-bond donors (Lipinski definition) is 0. The number of hydrogen-bond acceptors (Lipinski definition) is 4. The van der Waals surface area contributed by atoms with Gasteiger partial charge in [0.1, 0.15) is 5.82 Å². The molecule has 1 aromatic rings. The second-order valence-corrected chi connectivity index (χ2v) is 6.07. The highest BCUT2D eigenvalue weighted by molar-refractivity contribution is 5.19. The van der Waals surface area contributed by atoms with Gasteiger partial charge < -0.3 is 14.4 Å². The molecule has 3 rings (SSSR count). The Balaban J connectivity index is 1.44. The van der Waals surface area contributed by atoms with Crippen molar-refractivity contribution in [2.24, 2.45) is 0 Å². The summed E-state index contributed by atoms with van der Waals surface area (Å²) < 4.78 is 24.3. The molecule has 0 N–H and O–H groups in total. The molecule has 2 heterocycles. The lowest BCUT2D eigenvalue weighted by atomic mass is 10.1. The van der Waals surface area contributed by atoms with E-state index in [0.717, 1.165) is 57.9 Å². The van der Waals surface area contributed by atoms with Gasteiger partial charge in [-0.05, 0) is 24.6 Å². The SMILES string of the molecule is CC(c1cccc(F)c1)N1CCN(CCC2OCCO2)CC1. The van der Waals surface area contributed by atoms with E-state index in [9.17, 15) is 4.39 Å². The summed E-state index contributed by atoms with van der Waals surface area (Å²) in [5.41, 5.74) is 1.06. The van der Waals surface area contributed by atoms with Crippen molar-refractivity contribution in [3.05, 3.63) is 35.6 Å². The monoisotopic (exact) mass is 308 g/mol. The zero-order valence-electron chi connectivity index (χ0n) is 13.2. The summed E-state index contributed by atoms with van der Waals surface area (Å²) >= 11 is 0. The van der Waals surface area contributed by atoms with Gasteiger partial charge >= 0.3 is 0 Å². The smallest absolute Gasteiger partial charge is 0.159 e. The predicted molar refractivity (Wildman–Crippen MR) is 83.1 cm³/mol. The van der Waals surface area contributed by atoms with Crippen LogP contribution in [0.25, 0.3) is 0 Å². The molecule has 122 valence electrons. The minimum atomic E-state index is -0.153. The predicted octanol–water partition coefficient (Wildman–Crippen LogP) is 2.27. The largest absolute Gasteiger partial charge is 0.350 e. The van der Waals surface area contributed by atoms with Crippen LogP contribution in [0.3, 0.4) is 0 Å². The van der Waals surface area contributed by atoms with Crippen LogP contribution >= 0.6 is 0 Å². The molecule has 0 saturated carbocycles. The lowest BCUT2D eigenvalue weighted by Crippen LogP contribution is -2.47. The molecular formula is C17H25FN2O2. The van der Waals surface area contributed by atoms with Gasteiger partial charge in [0.05, 0.1) is 13.2 Å². The van der Waals surface area contributed by atoms with E-state index < -0.39 is 0 Å². The van der Waals surface area contributed by atoms with Gasteiger partial charge in [0, 0.05) is 45.2 Å². The van der Waals surface area contributed by atoms with Gasteiger partial charge in [-0.25, -0.2) is 4.39 Å². The van der Waals surface area contributed by atoms with Gasteiger partial charge in [0.15, 0.2) is 6.29 Å². The summed E-state index contributed by atoms with van der Waals surface area (Å²) in [4.78, 5) is 4.88. The fourth-order valence-electron chi connectivity index (χ4n) is 3.21. The van der Waals surface area contributed by atoms with Gasteiger partial charge in [-0.3, -0.25) is 4.90 Å². The Morgan fingerprint density at radius 2 is 1.91 bits per heavy atom. The Morgan fingerprint density at radius 1 is 1.18 bits per heavy atom. The molecule has 2 aliphatic heterocycles. The van der Waals surface area contributed by atoms with Crippen molar-refractivity contribution >= 4 is 0 Å². The summed E-state index contributed by atoms with van der Waals surface area (Å²) in [5, 5.41) is 0. The van der Waals surface area contributed by atoms with Crippen molar-refractivity contribution < 1.29 is 13.9 Å². The van der Waals surface area contributed by atoms with Crippen LogP contribution in [-0.4, -0.2) is 62.0 Å². The Hall–Kier alpha value is -1.01. The summed E-state index contributed by atoms with van der Waals surface area (Å²) in [6.07, 6.45) is 0.934. The van der Waals surface area contributed by atoms with Crippen LogP contribution in [0.2, 0.25) is 0 Å². The number of rotatable bonds is 5. The third kappa shape index (κ3) is 4.04. The molecule has 4 nitrogen and oxygen atoms in total. The Morgan fingerprint density at radius 3 is 2.59 bits per heavy atom. The molecule has 2 saturated heterocycles. The lowest BCUT2D eigenvalue weighted by molar-refractivity contribution is -0.0537. The molecule has 1 unspecified atom stereocenters. The van der Waals surface area contributed by atoms with Crippen LogP contribution in [0, 0.1) is 5.82 Å². The van der Waals surface area contributed by atoms with Gasteiger partial charge in [-0.15, -0.1) is 0 Å². The van der Waals surface area contributed by atoms with E-state index >= 15 is 0 Å². The number of halogens is 1. The van der Waals surface area contributed by atoms with Crippen LogP contribution in [0.15, 0.2) is 24.3 Å².